The third-order valence-corrected chi connectivity index (χ3v) is 3.17. The van der Waals surface area contributed by atoms with E-state index in [1.54, 1.807) is 24.2 Å². The third kappa shape index (κ3) is 5.63. The van der Waals surface area contributed by atoms with E-state index >= 15 is 0 Å². The van der Waals surface area contributed by atoms with E-state index in [4.69, 9.17) is 4.74 Å². The first-order chi connectivity index (χ1) is 10.2. The molecule has 8 nitrogen and oxygen atoms in total. The Hall–Kier alpha value is -1.64. The van der Waals surface area contributed by atoms with Gasteiger partial charge in [-0.3, -0.25) is 14.3 Å². The molecule has 2 amide bonds. The number of anilines is 1. The van der Waals surface area contributed by atoms with Gasteiger partial charge in [0.05, 0.1) is 13.2 Å². The van der Waals surface area contributed by atoms with Crippen LogP contribution in [-0.4, -0.2) is 66.4 Å². The summed E-state index contributed by atoms with van der Waals surface area (Å²) in [4.78, 5) is 25.4. The van der Waals surface area contributed by atoms with Crippen molar-refractivity contribution in [3.63, 3.8) is 0 Å². The van der Waals surface area contributed by atoms with Crippen LogP contribution in [0.2, 0.25) is 0 Å². The quantitative estimate of drug-likeness (QED) is 0.748. The molecule has 0 unspecified atom stereocenters. The first-order valence-electron chi connectivity index (χ1n) is 7.02. The molecule has 9 heteroatoms. The first-order valence-corrected chi connectivity index (χ1v) is 7.02. The first kappa shape index (κ1) is 18.4. The molecule has 0 bridgehead atoms. The van der Waals surface area contributed by atoms with Crippen LogP contribution < -0.4 is 10.6 Å². The highest BCUT2D eigenvalue weighted by Crippen LogP contribution is 2.05. The second kappa shape index (κ2) is 9.39. The molecule has 1 aliphatic heterocycles. The zero-order valence-electron chi connectivity index (χ0n) is 12.6. The Labute approximate surface area is 135 Å². The van der Waals surface area contributed by atoms with Crippen LogP contribution in [0.5, 0.6) is 0 Å². The number of nitrogens with zero attached hydrogens (tertiary/aromatic N) is 3. The Bertz CT molecular complexity index is 488. The Morgan fingerprint density at radius 3 is 2.77 bits per heavy atom. The molecular weight excluding hydrogens is 310 g/mol. The van der Waals surface area contributed by atoms with Gasteiger partial charge in [0.2, 0.25) is 11.8 Å². The monoisotopic (exact) mass is 331 g/mol. The highest BCUT2D eigenvalue weighted by Gasteiger charge is 2.17. The molecule has 0 saturated carbocycles. The molecule has 0 spiro atoms. The van der Waals surface area contributed by atoms with Crippen LogP contribution >= 0.6 is 12.4 Å². The van der Waals surface area contributed by atoms with E-state index in [9.17, 15) is 9.59 Å². The molecule has 0 atom stereocenters. The second-order valence-corrected chi connectivity index (χ2v) is 4.79. The average Bonchev–Trinajstić information content (AvgIpc) is 2.93. The number of hydrogen-bond acceptors (Lipinski definition) is 5. The molecule has 1 aromatic rings. The fraction of sp³-hybridized carbons (Fsp3) is 0.615. The predicted octanol–water partition coefficient (Wildman–Crippen LogP) is -0.288. The van der Waals surface area contributed by atoms with E-state index in [1.807, 2.05) is 0 Å². The van der Waals surface area contributed by atoms with Gasteiger partial charge in [0.1, 0.15) is 6.54 Å². The third-order valence-electron chi connectivity index (χ3n) is 3.17. The Kier molecular flexibility index (Phi) is 7.86. The van der Waals surface area contributed by atoms with Crippen molar-refractivity contribution in [3.8, 4) is 0 Å². The molecule has 2 N–H and O–H groups in total. The minimum Gasteiger partial charge on any atom is -0.378 e. The van der Waals surface area contributed by atoms with Gasteiger partial charge in [-0.15, -0.1) is 12.4 Å². The lowest BCUT2D eigenvalue weighted by atomic mass is 10.4. The van der Waals surface area contributed by atoms with E-state index in [1.165, 1.54) is 4.68 Å². The Morgan fingerprint density at radius 1 is 1.36 bits per heavy atom. The fourth-order valence-corrected chi connectivity index (χ4v) is 2.01. The molecule has 1 saturated heterocycles. The van der Waals surface area contributed by atoms with Crippen LogP contribution in [0.4, 0.5) is 5.82 Å². The predicted molar refractivity (Wildman–Crippen MR) is 84.0 cm³/mol. The van der Waals surface area contributed by atoms with E-state index in [2.05, 4.69) is 15.7 Å². The molecule has 1 aromatic heterocycles. The number of ether oxygens (including phenoxy) is 1. The van der Waals surface area contributed by atoms with Gasteiger partial charge in [-0.25, -0.2) is 0 Å². The summed E-state index contributed by atoms with van der Waals surface area (Å²) in [5, 5.41) is 9.78. The molecule has 1 fully saturated rings. The van der Waals surface area contributed by atoms with Crippen LogP contribution in [0.15, 0.2) is 12.3 Å². The van der Waals surface area contributed by atoms with Gasteiger partial charge in [-0.05, 0) is 7.05 Å². The standard InChI is InChI=1S/C13H21N5O3.ClH/c1-14-4-2-12(19)15-11-3-5-18(16-11)10-13(20)17-6-8-21-9-7-17;/h3,5,14H,2,4,6-10H2,1H3,(H,15,16,19);1H. The number of hydrogen-bond donors (Lipinski definition) is 2. The van der Waals surface area contributed by atoms with Gasteiger partial charge < -0.3 is 20.3 Å². The number of aromatic nitrogens is 2. The highest BCUT2D eigenvalue weighted by molar-refractivity contribution is 5.89. The van der Waals surface area contributed by atoms with E-state index in [0.29, 0.717) is 45.1 Å². The SMILES string of the molecule is CNCCC(=O)Nc1ccn(CC(=O)N2CCOCC2)n1.Cl. The summed E-state index contributed by atoms with van der Waals surface area (Å²) in [7, 11) is 1.79. The number of rotatable bonds is 6. The molecule has 2 heterocycles. The van der Waals surface area contributed by atoms with Gasteiger partial charge in [-0.2, -0.15) is 5.10 Å². The smallest absolute Gasteiger partial charge is 0.244 e. The summed E-state index contributed by atoms with van der Waals surface area (Å²) in [6, 6.07) is 1.68. The maximum Gasteiger partial charge on any atom is 0.244 e. The van der Waals surface area contributed by atoms with Crippen molar-refractivity contribution >= 4 is 30.0 Å². The molecule has 0 radical (unpaired) electrons. The Morgan fingerprint density at radius 2 is 2.09 bits per heavy atom. The largest absolute Gasteiger partial charge is 0.378 e. The molecular formula is C13H22ClN5O3. The highest BCUT2D eigenvalue weighted by atomic mass is 35.5. The zero-order valence-corrected chi connectivity index (χ0v) is 13.4. The fourth-order valence-electron chi connectivity index (χ4n) is 2.01. The minimum absolute atomic E-state index is 0. The van der Waals surface area contributed by atoms with Crippen molar-refractivity contribution in [1.82, 2.24) is 20.0 Å². The maximum absolute atomic E-state index is 12.1. The molecule has 0 aromatic carbocycles. The van der Waals surface area contributed by atoms with Crippen molar-refractivity contribution < 1.29 is 14.3 Å². The van der Waals surface area contributed by atoms with Crippen LogP contribution in [0.1, 0.15) is 6.42 Å². The Balaban J connectivity index is 0.00000242. The normalized spacial score (nSPS) is 14.3. The number of morpholine rings is 1. The summed E-state index contributed by atoms with van der Waals surface area (Å²) >= 11 is 0. The van der Waals surface area contributed by atoms with Crippen molar-refractivity contribution in [2.45, 2.75) is 13.0 Å². The lowest BCUT2D eigenvalue weighted by Gasteiger charge is -2.26. The topological polar surface area (TPSA) is 88.5 Å². The molecule has 1 aliphatic rings. The lowest BCUT2D eigenvalue weighted by molar-refractivity contribution is -0.136. The molecule has 22 heavy (non-hydrogen) atoms. The van der Waals surface area contributed by atoms with Crippen molar-refractivity contribution in [2.24, 2.45) is 0 Å². The summed E-state index contributed by atoms with van der Waals surface area (Å²) in [6.45, 7) is 3.19. The molecule has 2 rings (SSSR count). The number of carbonyl (C=O) groups is 2. The van der Waals surface area contributed by atoms with Gasteiger partial charge in [-0.1, -0.05) is 0 Å². The van der Waals surface area contributed by atoms with Crippen molar-refractivity contribution in [2.75, 3.05) is 45.2 Å². The van der Waals surface area contributed by atoms with Gasteiger partial charge >= 0.3 is 0 Å². The molecule has 0 aliphatic carbocycles. The summed E-state index contributed by atoms with van der Waals surface area (Å²) < 4.78 is 6.74. The van der Waals surface area contributed by atoms with Gasteiger partial charge in [0.15, 0.2) is 5.82 Å². The number of halogens is 1. The summed E-state index contributed by atoms with van der Waals surface area (Å²) in [6.07, 6.45) is 2.07. The van der Waals surface area contributed by atoms with Crippen LogP contribution in [0.25, 0.3) is 0 Å². The van der Waals surface area contributed by atoms with E-state index in [0.717, 1.165) is 0 Å². The maximum atomic E-state index is 12.1. The zero-order chi connectivity index (χ0) is 15.1. The van der Waals surface area contributed by atoms with Crippen molar-refractivity contribution in [1.29, 1.82) is 0 Å². The van der Waals surface area contributed by atoms with Crippen LogP contribution in [0, 0.1) is 0 Å². The van der Waals surface area contributed by atoms with Crippen molar-refractivity contribution in [3.05, 3.63) is 12.3 Å². The van der Waals surface area contributed by atoms with Gasteiger partial charge in [0, 0.05) is 38.3 Å². The van der Waals surface area contributed by atoms with Gasteiger partial charge in [0.25, 0.3) is 0 Å². The minimum atomic E-state index is -0.103. The number of amides is 2. The second-order valence-electron chi connectivity index (χ2n) is 4.79. The van der Waals surface area contributed by atoms with E-state index < -0.39 is 0 Å². The summed E-state index contributed by atoms with van der Waals surface area (Å²) in [5.41, 5.74) is 0. The van der Waals surface area contributed by atoms with E-state index in [-0.39, 0.29) is 30.8 Å². The average molecular weight is 332 g/mol. The summed E-state index contributed by atoms with van der Waals surface area (Å²) in [5.74, 6) is 0.370. The lowest BCUT2D eigenvalue weighted by Crippen LogP contribution is -2.42. The number of nitrogens with one attached hydrogen (secondary N) is 2. The molecule has 124 valence electrons. The van der Waals surface area contributed by atoms with Crippen LogP contribution in [-0.2, 0) is 20.9 Å². The number of carbonyl (C=O) groups excluding carboxylic acids is 2. The van der Waals surface area contributed by atoms with Crippen LogP contribution in [0.3, 0.4) is 0 Å².